The Morgan fingerprint density at radius 3 is 2.56 bits per heavy atom. The molecule has 4 rings (SSSR count). The SMILES string of the molecule is Cc1c(CCN)c2ccccc2n1C(=O)c1cccc2c1ccn2C. The lowest BCUT2D eigenvalue weighted by Gasteiger charge is -2.09. The quantitative estimate of drug-likeness (QED) is 0.623. The number of carbonyl (C=O) groups excluding carboxylic acids is 1. The summed E-state index contributed by atoms with van der Waals surface area (Å²) in [5.41, 5.74) is 10.7. The van der Waals surface area contributed by atoms with Crippen molar-refractivity contribution in [3.05, 3.63) is 71.5 Å². The van der Waals surface area contributed by atoms with Crippen molar-refractivity contribution < 1.29 is 4.79 Å². The summed E-state index contributed by atoms with van der Waals surface area (Å²) >= 11 is 0. The number of hydrogen-bond acceptors (Lipinski definition) is 2. The smallest absolute Gasteiger partial charge is 0.263 e. The Labute approximate surface area is 146 Å². The first-order valence-electron chi connectivity index (χ1n) is 8.51. The van der Waals surface area contributed by atoms with Gasteiger partial charge in [0.25, 0.3) is 5.91 Å². The fraction of sp³-hybridized carbons (Fsp3) is 0.190. The van der Waals surface area contributed by atoms with Gasteiger partial charge in [-0.3, -0.25) is 9.36 Å². The first kappa shape index (κ1) is 15.7. The standard InChI is InChI=1S/C21H21N3O/c1-14-15(10-12-22)16-6-3-4-8-20(16)24(14)21(25)18-7-5-9-19-17(18)11-13-23(19)2/h3-9,11,13H,10,12,22H2,1-2H3. The van der Waals surface area contributed by atoms with Gasteiger partial charge < -0.3 is 10.3 Å². The van der Waals surface area contributed by atoms with Gasteiger partial charge in [-0.2, -0.15) is 0 Å². The van der Waals surface area contributed by atoms with E-state index in [1.807, 2.05) is 71.8 Å². The third-order valence-corrected chi connectivity index (χ3v) is 5.00. The average Bonchev–Trinajstić information content (AvgIpc) is 3.14. The van der Waals surface area contributed by atoms with Crippen molar-refractivity contribution in [3.8, 4) is 0 Å². The van der Waals surface area contributed by atoms with Gasteiger partial charge in [-0.1, -0.05) is 24.3 Å². The van der Waals surface area contributed by atoms with Gasteiger partial charge in [-0.25, -0.2) is 0 Å². The van der Waals surface area contributed by atoms with E-state index < -0.39 is 0 Å². The predicted octanol–water partition coefficient (Wildman–Crippen LogP) is 3.63. The Morgan fingerprint density at radius 2 is 1.76 bits per heavy atom. The lowest BCUT2D eigenvalue weighted by molar-refractivity contribution is 0.0964. The maximum Gasteiger partial charge on any atom is 0.263 e. The second-order valence-electron chi connectivity index (χ2n) is 6.43. The number of nitrogens with two attached hydrogens (primary N) is 1. The zero-order valence-corrected chi connectivity index (χ0v) is 14.5. The molecule has 0 saturated heterocycles. The molecule has 2 heterocycles. The van der Waals surface area contributed by atoms with Gasteiger partial charge >= 0.3 is 0 Å². The molecule has 2 aromatic carbocycles. The lowest BCUT2D eigenvalue weighted by Crippen LogP contribution is -2.14. The number of aromatic nitrogens is 2. The minimum atomic E-state index is 0.00812. The van der Waals surface area contributed by atoms with E-state index in [9.17, 15) is 4.79 Å². The molecule has 0 atom stereocenters. The summed E-state index contributed by atoms with van der Waals surface area (Å²) in [6.45, 7) is 2.57. The molecule has 2 N–H and O–H groups in total. The highest BCUT2D eigenvalue weighted by atomic mass is 16.2. The summed E-state index contributed by atoms with van der Waals surface area (Å²) in [5.74, 6) is 0.00812. The van der Waals surface area contributed by atoms with Crippen LogP contribution >= 0.6 is 0 Å². The molecular formula is C21H21N3O. The number of carbonyl (C=O) groups is 1. The summed E-state index contributed by atoms with van der Waals surface area (Å²) in [6.07, 6.45) is 2.75. The van der Waals surface area contributed by atoms with Gasteiger partial charge in [0, 0.05) is 40.8 Å². The Kier molecular flexibility index (Phi) is 3.70. The molecule has 0 saturated carbocycles. The number of para-hydroxylation sites is 1. The van der Waals surface area contributed by atoms with Gasteiger partial charge in [-0.15, -0.1) is 0 Å². The molecule has 0 amide bonds. The second kappa shape index (κ2) is 5.90. The topological polar surface area (TPSA) is 52.9 Å². The van der Waals surface area contributed by atoms with E-state index in [1.165, 1.54) is 0 Å². The summed E-state index contributed by atoms with van der Waals surface area (Å²) < 4.78 is 3.87. The van der Waals surface area contributed by atoms with Gasteiger partial charge in [-0.05, 0) is 49.7 Å². The summed E-state index contributed by atoms with van der Waals surface area (Å²) in [7, 11) is 1.99. The second-order valence-corrected chi connectivity index (χ2v) is 6.43. The number of nitrogens with zero attached hydrogens (tertiary/aromatic N) is 2. The van der Waals surface area contributed by atoms with Crippen molar-refractivity contribution in [3.63, 3.8) is 0 Å². The molecule has 0 aliphatic rings. The van der Waals surface area contributed by atoms with Crippen LogP contribution in [0.5, 0.6) is 0 Å². The van der Waals surface area contributed by atoms with Crippen molar-refractivity contribution in [2.75, 3.05) is 6.54 Å². The average molecular weight is 331 g/mol. The minimum Gasteiger partial charge on any atom is -0.351 e. The normalized spacial score (nSPS) is 11.5. The number of aryl methyl sites for hydroxylation is 1. The molecule has 4 nitrogen and oxygen atoms in total. The van der Waals surface area contributed by atoms with Crippen LogP contribution < -0.4 is 5.73 Å². The summed E-state index contributed by atoms with van der Waals surface area (Å²) in [5, 5.41) is 2.09. The fourth-order valence-electron chi connectivity index (χ4n) is 3.77. The van der Waals surface area contributed by atoms with Crippen LogP contribution in [0.15, 0.2) is 54.7 Å². The molecule has 0 aliphatic carbocycles. The van der Waals surface area contributed by atoms with Gasteiger partial charge in [0.15, 0.2) is 0 Å². The maximum absolute atomic E-state index is 13.4. The number of hydrogen-bond donors (Lipinski definition) is 1. The van der Waals surface area contributed by atoms with E-state index in [0.29, 0.717) is 6.54 Å². The van der Waals surface area contributed by atoms with E-state index in [4.69, 9.17) is 5.73 Å². The summed E-state index contributed by atoms with van der Waals surface area (Å²) in [6, 6.07) is 15.9. The van der Waals surface area contributed by atoms with Gasteiger partial charge in [0.2, 0.25) is 0 Å². The highest BCUT2D eigenvalue weighted by Crippen LogP contribution is 2.29. The van der Waals surface area contributed by atoms with E-state index in [2.05, 4.69) is 6.07 Å². The third-order valence-electron chi connectivity index (χ3n) is 5.00. The molecule has 2 aromatic heterocycles. The highest BCUT2D eigenvalue weighted by Gasteiger charge is 2.20. The lowest BCUT2D eigenvalue weighted by atomic mass is 10.1. The Morgan fingerprint density at radius 1 is 1.00 bits per heavy atom. The van der Waals surface area contributed by atoms with E-state index >= 15 is 0 Å². The van der Waals surface area contributed by atoms with Crippen LogP contribution in [0, 0.1) is 6.92 Å². The van der Waals surface area contributed by atoms with E-state index in [-0.39, 0.29) is 5.91 Å². The minimum absolute atomic E-state index is 0.00812. The van der Waals surface area contributed by atoms with Crippen molar-refractivity contribution in [1.29, 1.82) is 0 Å². The maximum atomic E-state index is 13.4. The Bertz CT molecular complexity index is 1100. The third kappa shape index (κ3) is 2.29. The fourth-order valence-corrected chi connectivity index (χ4v) is 3.77. The molecule has 4 aromatic rings. The zero-order chi connectivity index (χ0) is 17.6. The molecule has 0 fully saturated rings. The summed E-state index contributed by atoms with van der Waals surface area (Å²) in [4.78, 5) is 13.4. The van der Waals surface area contributed by atoms with Crippen LogP contribution in [0.4, 0.5) is 0 Å². The molecule has 4 heteroatoms. The monoisotopic (exact) mass is 331 g/mol. The van der Waals surface area contributed by atoms with Crippen molar-refractivity contribution >= 4 is 27.7 Å². The van der Waals surface area contributed by atoms with Crippen molar-refractivity contribution in [2.24, 2.45) is 12.8 Å². The molecule has 0 unspecified atom stereocenters. The van der Waals surface area contributed by atoms with Crippen LogP contribution in [-0.4, -0.2) is 21.6 Å². The number of benzene rings is 2. The van der Waals surface area contributed by atoms with Crippen LogP contribution in [-0.2, 0) is 13.5 Å². The first-order valence-corrected chi connectivity index (χ1v) is 8.51. The van der Waals surface area contributed by atoms with Crippen molar-refractivity contribution in [2.45, 2.75) is 13.3 Å². The Hall–Kier alpha value is -2.85. The number of fused-ring (bicyclic) bond motifs is 2. The zero-order valence-electron chi connectivity index (χ0n) is 14.5. The van der Waals surface area contributed by atoms with E-state index in [0.717, 1.165) is 45.0 Å². The van der Waals surface area contributed by atoms with Gasteiger partial charge in [0.05, 0.1) is 5.52 Å². The molecular weight excluding hydrogens is 310 g/mol. The van der Waals surface area contributed by atoms with Crippen LogP contribution in [0.3, 0.4) is 0 Å². The first-order chi connectivity index (χ1) is 12.1. The van der Waals surface area contributed by atoms with Gasteiger partial charge in [0.1, 0.15) is 0 Å². The molecule has 0 spiro atoms. The van der Waals surface area contributed by atoms with Crippen LogP contribution in [0.25, 0.3) is 21.8 Å². The Balaban J connectivity index is 1.98. The van der Waals surface area contributed by atoms with Crippen LogP contribution in [0.2, 0.25) is 0 Å². The molecule has 25 heavy (non-hydrogen) atoms. The van der Waals surface area contributed by atoms with Crippen molar-refractivity contribution in [1.82, 2.24) is 9.13 Å². The largest absolute Gasteiger partial charge is 0.351 e. The molecule has 0 radical (unpaired) electrons. The van der Waals surface area contributed by atoms with E-state index in [1.54, 1.807) is 0 Å². The predicted molar refractivity (Wildman–Crippen MR) is 102 cm³/mol. The number of rotatable bonds is 3. The highest BCUT2D eigenvalue weighted by molar-refractivity contribution is 6.11. The molecule has 0 aliphatic heterocycles. The molecule has 0 bridgehead atoms. The molecule has 126 valence electrons. The van der Waals surface area contributed by atoms with Crippen LogP contribution in [0.1, 0.15) is 21.6 Å².